The molecule has 0 aromatic heterocycles. The second-order valence-electron chi connectivity index (χ2n) is 3.70. The molecule has 0 aromatic carbocycles. The van der Waals surface area contributed by atoms with E-state index in [1.165, 1.54) is 4.90 Å². The Morgan fingerprint density at radius 1 is 1.44 bits per heavy atom. The molecule has 1 saturated heterocycles. The van der Waals surface area contributed by atoms with E-state index in [-0.39, 0.29) is 24.7 Å². The minimum absolute atomic E-state index is 0.0845. The van der Waals surface area contributed by atoms with Gasteiger partial charge in [-0.1, -0.05) is 0 Å². The molecule has 3 amide bonds. The number of hydrogen-bond acceptors (Lipinski definition) is 4. The highest BCUT2D eigenvalue weighted by Gasteiger charge is 2.24. The Hall–Kier alpha value is -1.63. The lowest BCUT2D eigenvalue weighted by Crippen LogP contribution is -2.46. The maximum absolute atomic E-state index is 11.7. The lowest BCUT2D eigenvalue weighted by atomic mass is 10.2. The molecule has 1 heterocycles. The van der Waals surface area contributed by atoms with Gasteiger partial charge in [0.25, 0.3) is 0 Å². The van der Waals surface area contributed by atoms with Crippen LogP contribution in [-0.2, 0) is 14.4 Å². The Bertz CT molecular complexity index is 305. The Labute approximate surface area is 93.1 Å². The van der Waals surface area contributed by atoms with Crippen LogP contribution in [0.4, 0.5) is 0 Å². The number of primary amides is 1. The van der Waals surface area contributed by atoms with E-state index in [0.717, 1.165) is 0 Å². The molecule has 0 radical (unpaired) electrons. The van der Waals surface area contributed by atoms with E-state index in [9.17, 15) is 14.4 Å². The summed E-state index contributed by atoms with van der Waals surface area (Å²) in [6, 6.07) is -0.911. The van der Waals surface area contributed by atoms with Crippen LogP contribution in [0.1, 0.15) is 12.8 Å². The van der Waals surface area contributed by atoms with Gasteiger partial charge in [0.15, 0.2) is 0 Å². The third-order valence-electron chi connectivity index (χ3n) is 2.36. The zero-order valence-electron chi connectivity index (χ0n) is 8.94. The Morgan fingerprint density at radius 2 is 2.12 bits per heavy atom. The molecule has 1 atom stereocenters. The first kappa shape index (κ1) is 12.4. The van der Waals surface area contributed by atoms with Crippen LogP contribution in [0.25, 0.3) is 0 Å². The van der Waals surface area contributed by atoms with Crippen molar-refractivity contribution in [3.05, 3.63) is 0 Å². The van der Waals surface area contributed by atoms with Crippen molar-refractivity contribution < 1.29 is 14.4 Å². The Kier molecular flexibility index (Phi) is 4.24. The standard InChI is InChI=1S/C9H16N4O3/c10-6(5-7(11)14)9(16)13-3-1-8(15)12-2-4-13/h6H,1-5,10H2,(H2,11,14)(H,12,15). The first-order valence-electron chi connectivity index (χ1n) is 5.10. The van der Waals surface area contributed by atoms with Crippen LogP contribution in [-0.4, -0.2) is 48.3 Å². The van der Waals surface area contributed by atoms with Gasteiger partial charge in [0.1, 0.15) is 0 Å². The molecule has 5 N–H and O–H groups in total. The van der Waals surface area contributed by atoms with Gasteiger partial charge in [-0.25, -0.2) is 0 Å². The number of nitrogens with two attached hydrogens (primary N) is 2. The lowest BCUT2D eigenvalue weighted by molar-refractivity contribution is -0.134. The molecule has 1 rings (SSSR count). The molecule has 16 heavy (non-hydrogen) atoms. The topological polar surface area (TPSA) is 119 Å². The SMILES string of the molecule is NC(=O)CC(N)C(=O)N1CCNC(=O)CC1. The predicted molar refractivity (Wildman–Crippen MR) is 56.0 cm³/mol. The van der Waals surface area contributed by atoms with Crippen LogP contribution < -0.4 is 16.8 Å². The lowest BCUT2D eigenvalue weighted by Gasteiger charge is -2.22. The number of carbonyl (C=O) groups is 3. The van der Waals surface area contributed by atoms with E-state index < -0.39 is 11.9 Å². The first-order valence-corrected chi connectivity index (χ1v) is 5.10. The average Bonchev–Trinajstić information content (AvgIpc) is 2.41. The third-order valence-corrected chi connectivity index (χ3v) is 2.36. The maximum atomic E-state index is 11.7. The zero-order valence-corrected chi connectivity index (χ0v) is 8.94. The fraction of sp³-hybridized carbons (Fsp3) is 0.667. The van der Waals surface area contributed by atoms with Crippen molar-refractivity contribution in [3.63, 3.8) is 0 Å². The second kappa shape index (κ2) is 5.45. The van der Waals surface area contributed by atoms with Crippen LogP contribution >= 0.6 is 0 Å². The Balaban J connectivity index is 2.52. The molecule has 7 heteroatoms. The molecule has 0 aliphatic carbocycles. The molecule has 0 saturated carbocycles. The number of rotatable bonds is 3. The van der Waals surface area contributed by atoms with Crippen LogP contribution in [0.15, 0.2) is 0 Å². The fourth-order valence-electron chi connectivity index (χ4n) is 1.53. The summed E-state index contributed by atoms with van der Waals surface area (Å²) in [4.78, 5) is 34.9. The highest BCUT2D eigenvalue weighted by Crippen LogP contribution is 2.01. The van der Waals surface area contributed by atoms with Crippen molar-refractivity contribution >= 4 is 17.7 Å². The molecular formula is C9H16N4O3. The fourth-order valence-corrected chi connectivity index (χ4v) is 1.53. The van der Waals surface area contributed by atoms with Gasteiger partial charge in [0.05, 0.1) is 12.5 Å². The monoisotopic (exact) mass is 228 g/mol. The number of nitrogens with zero attached hydrogens (tertiary/aromatic N) is 1. The molecule has 1 aliphatic rings. The molecule has 0 spiro atoms. The minimum Gasteiger partial charge on any atom is -0.370 e. The molecule has 0 aromatic rings. The van der Waals surface area contributed by atoms with Gasteiger partial charge < -0.3 is 21.7 Å². The van der Waals surface area contributed by atoms with Gasteiger partial charge in [-0.3, -0.25) is 14.4 Å². The van der Waals surface area contributed by atoms with Crippen LogP contribution in [0, 0.1) is 0 Å². The van der Waals surface area contributed by atoms with Crippen molar-refractivity contribution in [2.45, 2.75) is 18.9 Å². The molecule has 1 fully saturated rings. The summed E-state index contributed by atoms with van der Waals surface area (Å²) in [6.07, 6.45) is 0.0890. The van der Waals surface area contributed by atoms with Gasteiger partial charge in [-0.2, -0.15) is 0 Å². The highest BCUT2D eigenvalue weighted by molar-refractivity contribution is 5.88. The predicted octanol–water partition coefficient (Wildman–Crippen LogP) is -2.46. The van der Waals surface area contributed by atoms with E-state index in [1.54, 1.807) is 0 Å². The molecule has 0 bridgehead atoms. The van der Waals surface area contributed by atoms with E-state index in [2.05, 4.69) is 5.32 Å². The smallest absolute Gasteiger partial charge is 0.240 e. The number of amides is 3. The average molecular weight is 228 g/mol. The summed E-state index contributed by atoms with van der Waals surface area (Å²) in [5.41, 5.74) is 10.5. The maximum Gasteiger partial charge on any atom is 0.240 e. The van der Waals surface area contributed by atoms with Crippen molar-refractivity contribution in [1.29, 1.82) is 0 Å². The quantitative estimate of drug-likeness (QED) is 0.496. The Morgan fingerprint density at radius 3 is 2.75 bits per heavy atom. The summed E-state index contributed by atoms with van der Waals surface area (Å²) >= 11 is 0. The molecule has 7 nitrogen and oxygen atoms in total. The second-order valence-corrected chi connectivity index (χ2v) is 3.70. The van der Waals surface area contributed by atoms with E-state index in [0.29, 0.717) is 19.6 Å². The van der Waals surface area contributed by atoms with E-state index >= 15 is 0 Å². The third kappa shape index (κ3) is 3.50. The van der Waals surface area contributed by atoms with Gasteiger partial charge in [0.2, 0.25) is 17.7 Å². The van der Waals surface area contributed by atoms with Crippen LogP contribution in [0.2, 0.25) is 0 Å². The van der Waals surface area contributed by atoms with E-state index in [4.69, 9.17) is 11.5 Å². The first-order chi connectivity index (χ1) is 7.50. The van der Waals surface area contributed by atoms with E-state index in [1.807, 2.05) is 0 Å². The largest absolute Gasteiger partial charge is 0.370 e. The number of nitrogens with one attached hydrogen (secondary N) is 1. The van der Waals surface area contributed by atoms with Crippen LogP contribution in [0.3, 0.4) is 0 Å². The summed E-state index contributed by atoms with van der Waals surface area (Å²) in [7, 11) is 0. The molecule has 90 valence electrons. The number of hydrogen-bond donors (Lipinski definition) is 3. The van der Waals surface area contributed by atoms with Crippen molar-refractivity contribution in [2.24, 2.45) is 11.5 Å². The van der Waals surface area contributed by atoms with Gasteiger partial charge in [-0.05, 0) is 0 Å². The molecule has 1 unspecified atom stereocenters. The van der Waals surface area contributed by atoms with Crippen molar-refractivity contribution in [3.8, 4) is 0 Å². The van der Waals surface area contributed by atoms with Gasteiger partial charge in [-0.15, -0.1) is 0 Å². The highest BCUT2D eigenvalue weighted by atomic mass is 16.2. The van der Waals surface area contributed by atoms with Crippen molar-refractivity contribution in [1.82, 2.24) is 10.2 Å². The molecule has 1 aliphatic heterocycles. The molecular weight excluding hydrogens is 212 g/mol. The van der Waals surface area contributed by atoms with Gasteiger partial charge >= 0.3 is 0 Å². The summed E-state index contributed by atoms with van der Waals surface area (Å²) in [6.45, 7) is 1.15. The number of carbonyl (C=O) groups excluding carboxylic acids is 3. The van der Waals surface area contributed by atoms with Crippen LogP contribution in [0.5, 0.6) is 0 Å². The van der Waals surface area contributed by atoms with Gasteiger partial charge in [0, 0.05) is 26.1 Å². The van der Waals surface area contributed by atoms with Crippen molar-refractivity contribution in [2.75, 3.05) is 19.6 Å². The normalized spacial score (nSPS) is 18.6. The zero-order chi connectivity index (χ0) is 12.1. The summed E-state index contributed by atoms with van der Waals surface area (Å²) < 4.78 is 0. The minimum atomic E-state index is -0.911. The summed E-state index contributed by atoms with van der Waals surface area (Å²) in [5.74, 6) is -1.03. The summed E-state index contributed by atoms with van der Waals surface area (Å²) in [5, 5.41) is 2.64.